The lowest BCUT2D eigenvalue weighted by Gasteiger charge is -2.15. The lowest BCUT2D eigenvalue weighted by molar-refractivity contribution is -0.127. The Balaban J connectivity index is 1.98. The fourth-order valence-electron chi connectivity index (χ4n) is 2.27. The van der Waals surface area contributed by atoms with Gasteiger partial charge in [0.2, 0.25) is 0 Å². The van der Waals surface area contributed by atoms with Gasteiger partial charge in [0.05, 0.1) is 0 Å². The van der Waals surface area contributed by atoms with Gasteiger partial charge in [-0.2, -0.15) is 0 Å². The van der Waals surface area contributed by atoms with Gasteiger partial charge in [0.25, 0.3) is 11.8 Å². The largest absolute Gasteiger partial charge is 0.481 e. The van der Waals surface area contributed by atoms with Crippen molar-refractivity contribution in [2.75, 3.05) is 12.0 Å². The highest BCUT2D eigenvalue weighted by atomic mass is 16.5. The Morgan fingerprint density at radius 2 is 1.76 bits per heavy atom. The zero-order valence-corrected chi connectivity index (χ0v) is 14.7. The molecule has 0 aliphatic rings. The minimum absolute atomic E-state index is 0.217. The summed E-state index contributed by atoms with van der Waals surface area (Å²) in [6.45, 7) is 9.44. The maximum Gasteiger partial charge on any atom is 0.270 e. The number of hydrogen-bond acceptors (Lipinski definition) is 3. The molecule has 0 saturated carbocycles. The second-order valence-corrected chi connectivity index (χ2v) is 5.71. The summed E-state index contributed by atoms with van der Waals surface area (Å²) in [4.78, 5) is 24.1. The molecular weight excluding hydrogens is 318 g/mol. The number of aromatic nitrogens is 1. The standard InChI is InChI=1S/C19H23N3O3/c1-5-12-20-18(23)15(4)25-17-10-8-16(9-11-17)19(24)21-22-13(2)6-7-14(22)3/h5-11,15H,1,12H2,2-4H3,(H,20,23)(H,21,24)/t15-/m0/s1. The maximum atomic E-state index is 12.3. The van der Waals surface area contributed by atoms with E-state index in [0.29, 0.717) is 17.9 Å². The normalized spacial score (nSPS) is 11.5. The highest BCUT2D eigenvalue weighted by molar-refractivity contribution is 6.00. The van der Waals surface area contributed by atoms with Crippen molar-refractivity contribution in [2.24, 2.45) is 0 Å². The zero-order valence-electron chi connectivity index (χ0n) is 14.7. The summed E-state index contributed by atoms with van der Waals surface area (Å²) in [5.41, 5.74) is 5.24. The molecule has 0 spiro atoms. The minimum atomic E-state index is -0.634. The first-order valence-corrected chi connectivity index (χ1v) is 8.04. The predicted octanol–water partition coefficient (Wildman–Crippen LogP) is 2.56. The Bertz CT molecular complexity index is 743. The predicted molar refractivity (Wildman–Crippen MR) is 97.3 cm³/mol. The molecule has 1 aromatic heterocycles. The summed E-state index contributed by atoms with van der Waals surface area (Å²) in [6, 6.07) is 10.5. The summed E-state index contributed by atoms with van der Waals surface area (Å²) >= 11 is 0. The van der Waals surface area contributed by atoms with Crippen LogP contribution in [0.5, 0.6) is 5.75 Å². The van der Waals surface area contributed by atoms with Gasteiger partial charge in [-0.1, -0.05) is 6.08 Å². The van der Waals surface area contributed by atoms with Crippen LogP contribution in [0.4, 0.5) is 0 Å². The van der Waals surface area contributed by atoms with E-state index in [0.717, 1.165) is 11.4 Å². The Labute approximate surface area is 147 Å². The average Bonchev–Trinajstić information content (AvgIpc) is 2.92. The summed E-state index contributed by atoms with van der Waals surface area (Å²) < 4.78 is 7.30. The summed E-state index contributed by atoms with van der Waals surface area (Å²) in [5.74, 6) is 0.0807. The van der Waals surface area contributed by atoms with Gasteiger partial charge in [0, 0.05) is 23.5 Å². The van der Waals surface area contributed by atoms with Gasteiger partial charge in [-0.15, -0.1) is 6.58 Å². The number of rotatable bonds is 7. The van der Waals surface area contributed by atoms with Crippen LogP contribution in [0.15, 0.2) is 49.1 Å². The van der Waals surface area contributed by atoms with Crippen LogP contribution in [-0.4, -0.2) is 29.1 Å². The van der Waals surface area contributed by atoms with E-state index in [-0.39, 0.29) is 11.8 Å². The van der Waals surface area contributed by atoms with Gasteiger partial charge >= 0.3 is 0 Å². The molecule has 0 radical (unpaired) electrons. The Hall–Kier alpha value is -3.02. The second kappa shape index (κ2) is 8.19. The molecule has 132 valence electrons. The van der Waals surface area contributed by atoms with Crippen LogP contribution in [-0.2, 0) is 4.79 Å². The highest BCUT2D eigenvalue weighted by Gasteiger charge is 2.14. The molecule has 1 atom stereocenters. The molecule has 0 unspecified atom stereocenters. The number of amides is 2. The molecule has 0 bridgehead atoms. The molecule has 2 N–H and O–H groups in total. The molecule has 1 heterocycles. The van der Waals surface area contributed by atoms with E-state index in [2.05, 4.69) is 17.3 Å². The van der Waals surface area contributed by atoms with Crippen molar-refractivity contribution in [3.63, 3.8) is 0 Å². The molecular formula is C19H23N3O3. The molecule has 6 heteroatoms. The van der Waals surface area contributed by atoms with Crippen molar-refractivity contribution in [2.45, 2.75) is 26.9 Å². The van der Waals surface area contributed by atoms with E-state index in [9.17, 15) is 9.59 Å². The Morgan fingerprint density at radius 1 is 1.16 bits per heavy atom. The van der Waals surface area contributed by atoms with Crippen molar-refractivity contribution in [1.29, 1.82) is 0 Å². The fraction of sp³-hybridized carbons (Fsp3) is 0.263. The first kappa shape index (κ1) is 18.3. The van der Waals surface area contributed by atoms with Gasteiger partial charge in [-0.25, -0.2) is 0 Å². The molecule has 0 aliphatic heterocycles. The van der Waals surface area contributed by atoms with Crippen LogP contribution in [0, 0.1) is 13.8 Å². The van der Waals surface area contributed by atoms with Gasteiger partial charge in [0.1, 0.15) is 5.75 Å². The molecule has 1 aromatic carbocycles. The molecule has 2 aromatic rings. The SMILES string of the molecule is C=CCNC(=O)[C@H](C)Oc1ccc(C(=O)Nn2c(C)ccc2C)cc1. The topological polar surface area (TPSA) is 72.4 Å². The van der Waals surface area contributed by atoms with Crippen LogP contribution in [0.2, 0.25) is 0 Å². The molecule has 0 fully saturated rings. The molecule has 6 nitrogen and oxygen atoms in total. The van der Waals surface area contributed by atoms with E-state index < -0.39 is 6.10 Å². The number of carbonyl (C=O) groups is 2. The third-order valence-electron chi connectivity index (χ3n) is 3.70. The molecule has 0 saturated heterocycles. The highest BCUT2D eigenvalue weighted by Crippen LogP contribution is 2.15. The quantitative estimate of drug-likeness (QED) is 0.760. The zero-order chi connectivity index (χ0) is 18.4. The number of nitrogens with zero attached hydrogens (tertiary/aromatic N) is 1. The van der Waals surface area contributed by atoms with E-state index in [1.54, 1.807) is 41.9 Å². The molecule has 2 rings (SSSR count). The third kappa shape index (κ3) is 4.73. The van der Waals surface area contributed by atoms with Crippen LogP contribution in [0.1, 0.15) is 28.7 Å². The molecule has 25 heavy (non-hydrogen) atoms. The van der Waals surface area contributed by atoms with Crippen molar-refractivity contribution in [3.05, 3.63) is 66.0 Å². The van der Waals surface area contributed by atoms with Crippen molar-refractivity contribution < 1.29 is 14.3 Å². The number of aryl methyl sites for hydroxylation is 2. The van der Waals surface area contributed by atoms with Crippen molar-refractivity contribution in [1.82, 2.24) is 9.99 Å². The second-order valence-electron chi connectivity index (χ2n) is 5.71. The minimum Gasteiger partial charge on any atom is -0.481 e. The van der Waals surface area contributed by atoms with Crippen LogP contribution < -0.4 is 15.5 Å². The van der Waals surface area contributed by atoms with Gasteiger partial charge in [-0.3, -0.25) is 19.7 Å². The third-order valence-corrected chi connectivity index (χ3v) is 3.70. The number of ether oxygens (including phenoxy) is 1. The van der Waals surface area contributed by atoms with Crippen LogP contribution >= 0.6 is 0 Å². The summed E-state index contributed by atoms with van der Waals surface area (Å²) in [5, 5.41) is 2.67. The molecule has 0 aliphatic carbocycles. The summed E-state index contributed by atoms with van der Waals surface area (Å²) in [6.07, 6.45) is 0.969. The lowest BCUT2D eigenvalue weighted by Crippen LogP contribution is -2.36. The van der Waals surface area contributed by atoms with Crippen molar-refractivity contribution in [3.8, 4) is 5.75 Å². The van der Waals surface area contributed by atoms with Gasteiger partial charge in [0.15, 0.2) is 6.10 Å². The van der Waals surface area contributed by atoms with Crippen molar-refractivity contribution >= 4 is 11.8 Å². The molecule has 2 amide bonds. The first-order chi connectivity index (χ1) is 11.9. The van der Waals surface area contributed by atoms with E-state index in [4.69, 9.17) is 4.74 Å². The van der Waals surface area contributed by atoms with E-state index >= 15 is 0 Å². The number of nitrogens with one attached hydrogen (secondary N) is 2. The van der Waals surface area contributed by atoms with Crippen LogP contribution in [0.25, 0.3) is 0 Å². The van der Waals surface area contributed by atoms with E-state index in [1.165, 1.54) is 0 Å². The monoisotopic (exact) mass is 341 g/mol. The number of benzene rings is 1. The first-order valence-electron chi connectivity index (χ1n) is 8.04. The number of carbonyl (C=O) groups excluding carboxylic acids is 2. The number of hydrogen-bond donors (Lipinski definition) is 2. The van der Waals surface area contributed by atoms with Crippen LogP contribution in [0.3, 0.4) is 0 Å². The van der Waals surface area contributed by atoms with Gasteiger partial charge in [-0.05, 0) is 57.2 Å². The summed E-state index contributed by atoms with van der Waals surface area (Å²) in [7, 11) is 0. The smallest absolute Gasteiger partial charge is 0.270 e. The Morgan fingerprint density at radius 3 is 2.32 bits per heavy atom. The van der Waals surface area contributed by atoms with E-state index in [1.807, 2.05) is 26.0 Å². The average molecular weight is 341 g/mol. The van der Waals surface area contributed by atoms with Gasteiger partial charge < -0.3 is 10.1 Å². The maximum absolute atomic E-state index is 12.3. The fourth-order valence-corrected chi connectivity index (χ4v) is 2.27. The Kier molecular flexibility index (Phi) is 6.00. The lowest BCUT2D eigenvalue weighted by atomic mass is 10.2.